The van der Waals surface area contributed by atoms with E-state index in [1.165, 1.54) is 0 Å². The van der Waals surface area contributed by atoms with Crippen LogP contribution < -0.4 is 10.1 Å². The van der Waals surface area contributed by atoms with E-state index in [9.17, 15) is 0 Å². The third kappa shape index (κ3) is 6.84. The first kappa shape index (κ1) is 20.5. The molecule has 0 atom stereocenters. The Morgan fingerprint density at radius 2 is 2.08 bits per heavy atom. The lowest BCUT2D eigenvalue weighted by molar-refractivity contribution is -0.0318. The summed E-state index contributed by atoms with van der Waals surface area (Å²) in [5, 5.41) is 3.36. The van der Waals surface area contributed by atoms with E-state index in [1.54, 1.807) is 7.11 Å². The van der Waals surface area contributed by atoms with Crippen LogP contribution in [0.5, 0.6) is 5.75 Å². The molecule has 0 radical (unpaired) electrons. The monoisotopic (exact) mass is 363 g/mol. The minimum absolute atomic E-state index is 0.356. The summed E-state index contributed by atoms with van der Waals surface area (Å²) < 4.78 is 16.7. The van der Waals surface area contributed by atoms with Gasteiger partial charge in [-0.05, 0) is 32.3 Å². The van der Waals surface area contributed by atoms with Crippen molar-refractivity contribution in [1.82, 2.24) is 10.2 Å². The Balaban J connectivity index is 1.80. The van der Waals surface area contributed by atoms with Crippen molar-refractivity contribution in [3.63, 3.8) is 0 Å². The zero-order valence-electron chi connectivity index (χ0n) is 16.4. The highest BCUT2D eigenvalue weighted by atomic mass is 16.5. The van der Waals surface area contributed by atoms with E-state index in [2.05, 4.69) is 23.2 Å². The Hall–Kier alpha value is -1.79. The lowest BCUT2D eigenvalue weighted by Crippen LogP contribution is -2.38. The molecule has 0 saturated carbocycles. The molecule has 26 heavy (non-hydrogen) atoms. The van der Waals surface area contributed by atoms with Gasteiger partial charge in [-0.3, -0.25) is 4.99 Å². The Labute approximate surface area is 157 Å². The van der Waals surface area contributed by atoms with Crippen LogP contribution >= 0.6 is 0 Å². The fourth-order valence-corrected chi connectivity index (χ4v) is 2.98. The highest BCUT2D eigenvalue weighted by Crippen LogP contribution is 2.18. The number of nitrogens with one attached hydrogen (secondary N) is 1. The SMILES string of the molecule is CCNC(=NCCCOC1CCOCC1)N(C)Cc1ccccc1OC. The second-order valence-electron chi connectivity index (χ2n) is 6.44. The van der Waals surface area contributed by atoms with Crippen molar-refractivity contribution in [1.29, 1.82) is 0 Å². The number of hydrogen-bond donors (Lipinski definition) is 1. The number of benzene rings is 1. The maximum Gasteiger partial charge on any atom is 0.193 e. The van der Waals surface area contributed by atoms with Gasteiger partial charge in [0.1, 0.15) is 5.75 Å². The summed E-state index contributed by atoms with van der Waals surface area (Å²) in [6.07, 6.45) is 3.30. The van der Waals surface area contributed by atoms with Gasteiger partial charge >= 0.3 is 0 Å². The van der Waals surface area contributed by atoms with Gasteiger partial charge in [0.15, 0.2) is 5.96 Å². The van der Waals surface area contributed by atoms with E-state index in [-0.39, 0.29) is 0 Å². The predicted octanol–water partition coefficient (Wildman–Crippen LogP) is 2.68. The van der Waals surface area contributed by atoms with Crippen LogP contribution in [0.25, 0.3) is 0 Å². The average Bonchev–Trinajstić information content (AvgIpc) is 2.68. The van der Waals surface area contributed by atoms with E-state index in [1.807, 2.05) is 25.2 Å². The molecule has 1 aliphatic heterocycles. The molecular weight excluding hydrogens is 330 g/mol. The molecule has 1 fully saturated rings. The zero-order valence-corrected chi connectivity index (χ0v) is 16.4. The molecule has 0 amide bonds. The zero-order chi connectivity index (χ0) is 18.6. The predicted molar refractivity (Wildman–Crippen MR) is 105 cm³/mol. The van der Waals surface area contributed by atoms with Gasteiger partial charge in [-0.25, -0.2) is 0 Å². The van der Waals surface area contributed by atoms with Crippen LogP contribution in [-0.4, -0.2) is 64.0 Å². The molecular formula is C20H33N3O3. The highest BCUT2D eigenvalue weighted by Gasteiger charge is 2.13. The number of hydrogen-bond acceptors (Lipinski definition) is 4. The first-order valence-electron chi connectivity index (χ1n) is 9.55. The van der Waals surface area contributed by atoms with E-state index in [0.717, 1.165) is 76.0 Å². The van der Waals surface area contributed by atoms with Gasteiger partial charge in [-0.2, -0.15) is 0 Å². The molecule has 0 bridgehead atoms. The van der Waals surface area contributed by atoms with Crippen molar-refractivity contribution in [2.24, 2.45) is 4.99 Å². The Morgan fingerprint density at radius 1 is 1.31 bits per heavy atom. The molecule has 1 N–H and O–H groups in total. The Morgan fingerprint density at radius 3 is 2.81 bits per heavy atom. The highest BCUT2D eigenvalue weighted by molar-refractivity contribution is 5.79. The minimum Gasteiger partial charge on any atom is -0.496 e. The van der Waals surface area contributed by atoms with Gasteiger partial charge in [0, 0.05) is 52.1 Å². The van der Waals surface area contributed by atoms with Crippen LogP contribution in [0, 0.1) is 0 Å². The number of rotatable bonds is 9. The van der Waals surface area contributed by atoms with Gasteiger partial charge < -0.3 is 24.4 Å². The number of nitrogens with zero attached hydrogens (tertiary/aromatic N) is 2. The first-order chi connectivity index (χ1) is 12.7. The van der Waals surface area contributed by atoms with Crippen LogP contribution in [0.15, 0.2) is 29.3 Å². The lowest BCUT2D eigenvalue weighted by atomic mass is 10.1. The maximum atomic E-state index is 5.91. The van der Waals surface area contributed by atoms with Crippen LogP contribution in [0.2, 0.25) is 0 Å². The first-order valence-corrected chi connectivity index (χ1v) is 9.55. The number of para-hydroxylation sites is 1. The molecule has 0 unspecified atom stereocenters. The van der Waals surface area contributed by atoms with Gasteiger partial charge in [-0.15, -0.1) is 0 Å². The van der Waals surface area contributed by atoms with Gasteiger partial charge in [0.2, 0.25) is 0 Å². The summed E-state index contributed by atoms with van der Waals surface area (Å²) in [4.78, 5) is 6.86. The van der Waals surface area contributed by atoms with E-state index in [4.69, 9.17) is 19.2 Å². The summed E-state index contributed by atoms with van der Waals surface area (Å²) in [5.74, 6) is 1.81. The Bertz CT molecular complexity index is 545. The van der Waals surface area contributed by atoms with Crippen molar-refractivity contribution >= 4 is 5.96 Å². The van der Waals surface area contributed by atoms with Crippen molar-refractivity contribution in [2.75, 3.05) is 47.1 Å². The fraction of sp³-hybridized carbons (Fsp3) is 0.650. The molecule has 146 valence electrons. The molecule has 1 aromatic rings. The summed E-state index contributed by atoms with van der Waals surface area (Å²) >= 11 is 0. The van der Waals surface area contributed by atoms with Gasteiger partial charge in [-0.1, -0.05) is 18.2 Å². The third-order valence-electron chi connectivity index (χ3n) is 4.38. The topological polar surface area (TPSA) is 55.3 Å². The van der Waals surface area contributed by atoms with Crippen LogP contribution in [0.3, 0.4) is 0 Å². The molecule has 0 aliphatic carbocycles. The summed E-state index contributed by atoms with van der Waals surface area (Å²) in [6, 6.07) is 8.09. The van der Waals surface area contributed by atoms with E-state index in [0.29, 0.717) is 6.10 Å². The minimum atomic E-state index is 0.356. The maximum absolute atomic E-state index is 5.91. The molecule has 1 heterocycles. The second kappa shape index (κ2) is 11.8. The van der Waals surface area contributed by atoms with Crippen LogP contribution in [0.4, 0.5) is 0 Å². The molecule has 6 nitrogen and oxygen atoms in total. The molecule has 1 aromatic carbocycles. The van der Waals surface area contributed by atoms with E-state index >= 15 is 0 Å². The Kier molecular flexibility index (Phi) is 9.28. The average molecular weight is 364 g/mol. The smallest absolute Gasteiger partial charge is 0.193 e. The van der Waals surface area contributed by atoms with Crippen molar-refractivity contribution in [3.05, 3.63) is 29.8 Å². The fourth-order valence-electron chi connectivity index (χ4n) is 2.98. The standard InChI is InChI=1S/C20H33N3O3/c1-4-21-20(22-12-7-13-26-18-10-14-25-15-11-18)23(2)16-17-8-5-6-9-19(17)24-3/h5-6,8-9,18H,4,7,10-16H2,1-3H3,(H,21,22). The molecule has 1 saturated heterocycles. The molecule has 2 rings (SSSR count). The number of ether oxygens (including phenoxy) is 3. The molecule has 6 heteroatoms. The van der Waals surface area contributed by atoms with Crippen LogP contribution in [-0.2, 0) is 16.0 Å². The van der Waals surface area contributed by atoms with Crippen molar-refractivity contribution in [2.45, 2.75) is 38.8 Å². The summed E-state index contributed by atoms with van der Waals surface area (Å²) in [6.45, 7) is 6.82. The molecule has 1 aliphatic rings. The number of guanidine groups is 1. The molecule has 0 aromatic heterocycles. The van der Waals surface area contributed by atoms with E-state index < -0.39 is 0 Å². The largest absolute Gasteiger partial charge is 0.496 e. The number of aliphatic imine (C=N–C) groups is 1. The normalized spacial score (nSPS) is 15.7. The molecule has 0 spiro atoms. The van der Waals surface area contributed by atoms with Crippen molar-refractivity contribution in [3.8, 4) is 5.75 Å². The summed E-state index contributed by atoms with van der Waals surface area (Å²) in [7, 11) is 3.75. The lowest BCUT2D eigenvalue weighted by Gasteiger charge is -2.23. The summed E-state index contributed by atoms with van der Waals surface area (Å²) in [5.41, 5.74) is 1.14. The van der Waals surface area contributed by atoms with Crippen LogP contribution in [0.1, 0.15) is 31.7 Å². The van der Waals surface area contributed by atoms with Crippen molar-refractivity contribution < 1.29 is 14.2 Å². The van der Waals surface area contributed by atoms with Gasteiger partial charge in [0.05, 0.1) is 13.2 Å². The van der Waals surface area contributed by atoms with Gasteiger partial charge in [0.25, 0.3) is 0 Å². The third-order valence-corrected chi connectivity index (χ3v) is 4.38. The quantitative estimate of drug-likeness (QED) is 0.415. The second-order valence-corrected chi connectivity index (χ2v) is 6.44. The number of methoxy groups -OCH3 is 1.